The number of sulfonamides is 1. The van der Waals surface area contributed by atoms with Crippen molar-refractivity contribution in [2.45, 2.75) is 24.8 Å². The maximum atomic E-state index is 13.0. The standard InChI is InChI=1S/C18H24N2O3S.ClH/c1-15-13-17(9-10-18(15)23-2)24(21,22)20(12-6-11-19)14-16-7-4-3-5-8-16;/h3-5,7-10,13H,6,11-12,14,19H2,1-2H3;1H. The molecule has 0 amide bonds. The molecule has 0 radical (unpaired) electrons. The van der Waals surface area contributed by atoms with Crippen LogP contribution in [0.2, 0.25) is 0 Å². The van der Waals surface area contributed by atoms with Gasteiger partial charge in [-0.2, -0.15) is 4.31 Å². The molecule has 0 fully saturated rings. The number of hydrogen-bond acceptors (Lipinski definition) is 4. The number of benzene rings is 2. The van der Waals surface area contributed by atoms with Crippen molar-refractivity contribution < 1.29 is 13.2 Å². The molecule has 2 rings (SSSR count). The summed E-state index contributed by atoms with van der Waals surface area (Å²) in [6.45, 7) is 2.99. The third-order valence-corrected chi connectivity index (χ3v) is 5.66. The Morgan fingerprint density at radius 1 is 1.12 bits per heavy atom. The highest BCUT2D eigenvalue weighted by atomic mass is 35.5. The fourth-order valence-electron chi connectivity index (χ4n) is 2.50. The second-order valence-electron chi connectivity index (χ2n) is 5.60. The monoisotopic (exact) mass is 384 g/mol. The van der Waals surface area contributed by atoms with Crippen molar-refractivity contribution in [1.82, 2.24) is 4.31 Å². The quantitative estimate of drug-likeness (QED) is 0.759. The Labute approximate surface area is 156 Å². The Kier molecular flexibility index (Phi) is 8.38. The SMILES string of the molecule is COc1ccc(S(=O)(=O)N(CCCN)Cc2ccccc2)cc1C.Cl. The maximum absolute atomic E-state index is 13.0. The Morgan fingerprint density at radius 2 is 1.80 bits per heavy atom. The van der Waals surface area contributed by atoms with Crippen LogP contribution in [0.25, 0.3) is 0 Å². The van der Waals surface area contributed by atoms with Crippen LogP contribution in [0, 0.1) is 6.92 Å². The van der Waals surface area contributed by atoms with Gasteiger partial charge in [0.1, 0.15) is 5.75 Å². The molecule has 0 aliphatic carbocycles. The molecule has 2 aromatic carbocycles. The van der Waals surface area contributed by atoms with Gasteiger partial charge in [-0.25, -0.2) is 8.42 Å². The van der Waals surface area contributed by atoms with Crippen LogP contribution in [0.3, 0.4) is 0 Å². The number of halogens is 1. The average molecular weight is 385 g/mol. The van der Waals surface area contributed by atoms with Gasteiger partial charge in [0, 0.05) is 13.1 Å². The Bertz CT molecular complexity index is 767. The van der Waals surface area contributed by atoms with Gasteiger partial charge in [-0.3, -0.25) is 0 Å². The third-order valence-electron chi connectivity index (χ3n) is 3.82. The topological polar surface area (TPSA) is 72.6 Å². The summed E-state index contributed by atoms with van der Waals surface area (Å²) < 4.78 is 32.8. The number of rotatable bonds is 8. The van der Waals surface area contributed by atoms with E-state index in [-0.39, 0.29) is 17.3 Å². The van der Waals surface area contributed by atoms with Crippen molar-refractivity contribution in [3.63, 3.8) is 0 Å². The van der Waals surface area contributed by atoms with Crippen molar-refractivity contribution >= 4 is 22.4 Å². The summed E-state index contributed by atoms with van der Waals surface area (Å²) in [6.07, 6.45) is 0.612. The first-order chi connectivity index (χ1) is 11.5. The van der Waals surface area contributed by atoms with Gasteiger partial charge in [0.05, 0.1) is 12.0 Å². The molecule has 0 aliphatic heterocycles. The summed E-state index contributed by atoms with van der Waals surface area (Å²) in [7, 11) is -2.03. The molecular formula is C18H25ClN2O3S. The van der Waals surface area contributed by atoms with E-state index in [1.165, 1.54) is 4.31 Å². The summed E-state index contributed by atoms with van der Waals surface area (Å²) in [6, 6.07) is 14.5. The van der Waals surface area contributed by atoms with Crippen molar-refractivity contribution in [3.8, 4) is 5.75 Å². The normalized spacial score (nSPS) is 11.2. The van der Waals surface area contributed by atoms with Crippen LogP contribution >= 0.6 is 12.4 Å². The summed E-state index contributed by atoms with van der Waals surface area (Å²) >= 11 is 0. The van der Waals surface area contributed by atoms with E-state index >= 15 is 0 Å². The highest BCUT2D eigenvalue weighted by Crippen LogP contribution is 2.24. The van der Waals surface area contributed by atoms with Crippen molar-refractivity contribution in [2.24, 2.45) is 5.73 Å². The maximum Gasteiger partial charge on any atom is 0.243 e. The molecule has 7 heteroatoms. The van der Waals surface area contributed by atoms with E-state index in [4.69, 9.17) is 10.5 Å². The van der Waals surface area contributed by atoms with Gasteiger partial charge in [0.2, 0.25) is 10.0 Å². The molecule has 0 spiro atoms. The second-order valence-corrected chi connectivity index (χ2v) is 7.54. The van der Waals surface area contributed by atoms with Gasteiger partial charge in [0.15, 0.2) is 0 Å². The molecule has 0 saturated heterocycles. The summed E-state index contributed by atoms with van der Waals surface area (Å²) in [5, 5.41) is 0. The number of methoxy groups -OCH3 is 1. The number of aryl methyl sites for hydroxylation is 1. The molecule has 0 unspecified atom stereocenters. The predicted molar refractivity (Wildman–Crippen MR) is 103 cm³/mol. The molecule has 0 atom stereocenters. The fourth-order valence-corrected chi connectivity index (χ4v) is 4.05. The number of nitrogens with two attached hydrogens (primary N) is 1. The third kappa shape index (κ3) is 5.44. The van der Waals surface area contributed by atoms with Crippen LogP contribution in [0.15, 0.2) is 53.4 Å². The Balaban J connectivity index is 0.00000312. The minimum atomic E-state index is -3.60. The van der Waals surface area contributed by atoms with E-state index in [0.29, 0.717) is 31.8 Å². The molecule has 0 heterocycles. The summed E-state index contributed by atoms with van der Waals surface area (Å²) in [5.74, 6) is 0.672. The molecular weight excluding hydrogens is 360 g/mol. The number of ether oxygens (including phenoxy) is 1. The van der Waals surface area contributed by atoms with Crippen LogP contribution < -0.4 is 10.5 Å². The zero-order valence-electron chi connectivity index (χ0n) is 14.5. The van der Waals surface area contributed by atoms with Crippen LogP contribution in [-0.4, -0.2) is 32.9 Å². The zero-order chi connectivity index (χ0) is 17.6. The van der Waals surface area contributed by atoms with E-state index < -0.39 is 10.0 Å². The first kappa shape index (κ1) is 21.4. The summed E-state index contributed by atoms with van der Waals surface area (Å²) in [5.41, 5.74) is 7.31. The molecule has 5 nitrogen and oxygen atoms in total. The lowest BCUT2D eigenvalue weighted by Gasteiger charge is -2.22. The Hall–Kier alpha value is -1.60. The van der Waals surface area contributed by atoms with E-state index in [1.807, 2.05) is 37.3 Å². The molecule has 138 valence electrons. The lowest BCUT2D eigenvalue weighted by molar-refractivity contribution is 0.400. The first-order valence-corrected chi connectivity index (χ1v) is 9.32. The van der Waals surface area contributed by atoms with Crippen LogP contribution in [0.1, 0.15) is 17.5 Å². The van der Waals surface area contributed by atoms with Crippen LogP contribution in [0.5, 0.6) is 5.75 Å². The highest BCUT2D eigenvalue weighted by molar-refractivity contribution is 7.89. The van der Waals surface area contributed by atoms with Gasteiger partial charge in [-0.05, 0) is 49.2 Å². The highest BCUT2D eigenvalue weighted by Gasteiger charge is 2.24. The summed E-state index contributed by atoms with van der Waals surface area (Å²) in [4.78, 5) is 0.272. The minimum absolute atomic E-state index is 0. The van der Waals surface area contributed by atoms with Gasteiger partial charge in [0.25, 0.3) is 0 Å². The molecule has 0 aliphatic rings. The van der Waals surface area contributed by atoms with Crippen molar-refractivity contribution in [1.29, 1.82) is 0 Å². The molecule has 0 aromatic heterocycles. The Morgan fingerprint density at radius 3 is 2.36 bits per heavy atom. The van der Waals surface area contributed by atoms with Gasteiger partial charge in [-0.15, -0.1) is 12.4 Å². The zero-order valence-corrected chi connectivity index (χ0v) is 16.1. The van der Waals surface area contributed by atoms with Crippen LogP contribution in [-0.2, 0) is 16.6 Å². The van der Waals surface area contributed by atoms with Crippen molar-refractivity contribution in [2.75, 3.05) is 20.2 Å². The van der Waals surface area contributed by atoms with Crippen molar-refractivity contribution in [3.05, 3.63) is 59.7 Å². The smallest absolute Gasteiger partial charge is 0.243 e. The van der Waals surface area contributed by atoms with E-state index in [1.54, 1.807) is 25.3 Å². The number of hydrogen-bond donors (Lipinski definition) is 1. The molecule has 0 bridgehead atoms. The first-order valence-electron chi connectivity index (χ1n) is 7.88. The van der Waals surface area contributed by atoms with Gasteiger partial charge < -0.3 is 10.5 Å². The van der Waals surface area contributed by atoms with E-state index in [0.717, 1.165) is 11.1 Å². The second kappa shape index (κ2) is 9.77. The number of nitrogens with zero attached hydrogens (tertiary/aromatic N) is 1. The molecule has 25 heavy (non-hydrogen) atoms. The lowest BCUT2D eigenvalue weighted by Crippen LogP contribution is -2.32. The molecule has 2 N–H and O–H groups in total. The average Bonchev–Trinajstić information content (AvgIpc) is 2.59. The minimum Gasteiger partial charge on any atom is -0.496 e. The predicted octanol–water partition coefficient (Wildman–Crippen LogP) is 2.97. The lowest BCUT2D eigenvalue weighted by atomic mass is 10.2. The van der Waals surface area contributed by atoms with Gasteiger partial charge in [-0.1, -0.05) is 30.3 Å². The van der Waals surface area contributed by atoms with E-state index in [2.05, 4.69) is 0 Å². The van der Waals surface area contributed by atoms with Gasteiger partial charge >= 0.3 is 0 Å². The molecule has 0 saturated carbocycles. The molecule has 2 aromatic rings. The largest absolute Gasteiger partial charge is 0.496 e. The fraction of sp³-hybridized carbons (Fsp3) is 0.333. The van der Waals surface area contributed by atoms with E-state index in [9.17, 15) is 8.42 Å². The van der Waals surface area contributed by atoms with Crippen LogP contribution in [0.4, 0.5) is 0 Å².